The number of anilines is 3. The molecule has 60 heavy (non-hydrogen) atoms. The Morgan fingerprint density at radius 1 is 0.333 bits per heavy atom. The van der Waals surface area contributed by atoms with Gasteiger partial charge in [-0.05, 0) is 82.1 Å². The minimum absolute atomic E-state index is 0.589. The van der Waals surface area contributed by atoms with E-state index in [1.165, 1.54) is 11.1 Å². The quantitative estimate of drug-likeness (QED) is 0.154. The Labute approximate surface area is 347 Å². The zero-order valence-electron chi connectivity index (χ0n) is 32.5. The van der Waals surface area contributed by atoms with E-state index < -0.39 is 0 Å². The number of rotatable bonds is 8. The SMILES string of the molecule is c1ccc(-c2ccc(N(c3ccccc3)c3ccc(-c4cc(-c5nc(-c6ccccc6)nc(-c6ccccc6)n5)cc5c4oc4ccc6ccccc6c45)cc3)cc2)cc1. The number of aromatic nitrogens is 3. The summed E-state index contributed by atoms with van der Waals surface area (Å²) in [7, 11) is 0. The lowest BCUT2D eigenvalue weighted by Gasteiger charge is -2.26. The second-order valence-electron chi connectivity index (χ2n) is 14.8. The molecule has 2 heterocycles. The molecule has 0 saturated carbocycles. The number of nitrogens with zero attached hydrogens (tertiary/aromatic N) is 4. The summed E-state index contributed by atoms with van der Waals surface area (Å²) in [5.41, 5.74) is 11.9. The molecule has 0 aliphatic carbocycles. The van der Waals surface area contributed by atoms with E-state index in [0.717, 1.165) is 77.6 Å². The van der Waals surface area contributed by atoms with Crippen LogP contribution in [0.15, 0.2) is 223 Å². The van der Waals surface area contributed by atoms with Crippen molar-refractivity contribution in [3.8, 4) is 56.4 Å². The van der Waals surface area contributed by atoms with E-state index in [2.05, 4.69) is 157 Å². The van der Waals surface area contributed by atoms with Crippen LogP contribution in [0, 0.1) is 0 Å². The number of hydrogen-bond acceptors (Lipinski definition) is 5. The highest BCUT2D eigenvalue weighted by atomic mass is 16.3. The van der Waals surface area contributed by atoms with E-state index in [0.29, 0.717) is 17.5 Å². The monoisotopic (exact) mass is 768 g/mol. The van der Waals surface area contributed by atoms with Crippen molar-refractivity contribution >= 4 is 49.8 Å². The topological polar surface area (TPSA) is 55.1 Å². The van der Waals surface area contributed by atoms with Crippen LogP contribution in [0.25, 0.3) is 89.1 Å². The summed E-state index contributed by atoms with van der Waals surface area (Å²) in [6.45, 7) is 0. The molecule has 11 rings (SSSR count). The molecule has 5 nitrogen and oxygen atoms in total. The van der Waals surface area contributed by atoms with Gasteiger partial charge in [0, 0.05) is 50.1 Å². The lowest BCUT2D eigenvalue weighted by atomic mass is 9.96. The van der Waals surface area contributed by atoms with Gasteiger partial charge in [-0.3, -0.25) is 0 Å². The largest absolute Gasteiger partial charge is 0.455 e. The lowest BCUT2D eigenvalue weighted by Crippen LogP contribution is -2.09. The first kappa shape index (κ1) is 35.0. The van der Waals surface area contributed by atoms with Crippen LogP contribution in [0.2, 0.25) is 0 Å². The number of benzene rings is 9. The normalized spacial score (nSPS) is 11.3. The van der Waals surface area contributed by atoms with Crippen LogP contribution >= 0.6 is 0 Å². The molecule has 0 aliphatic rings. The second kappa shape index (κ2) is 15.0. The molecule has 0 spiro atoms. The van der Waals surface area contributed by atoms with Crippen LogP contribution in [0.1, 0.15) is 0 Å². The maximum absolute atomic E-state index is 6.82. The van der Waals surface area contributed by atoms with Crippen molar-refractivity contribution in [2.45, 2.75) is 0 Å². The fourth-order valence-electron chi connectivity index (χ4n) is 8.18. The standard InChI is InChI=1S/C55H36N4O/c1-5-15-37(16-6-1)38-25-30-45(31-26-38)59(44-22-11-4-12-23-44)46-32-27-40(28-33-46)48-35-43(36-49-51-47-24-14-13-17-39(47)29-34-50(51)60-52(48)49)55-57-53(41-18-7-2-8-19-41)56-54(58-55)42-20-9-3-10-21-42/h1-36H. The van der Waals surface area contributed by atoms with Crippen molar-refractivity contribution in [2.24, 2.45) is 0 Å². The molecule has 0 amide bonds. The van der Waals surface area contributed by atoms with Gasteiger partial charge in [-0.2, -0.15) is 0 Å². The molecule has 0 saturated heterocycles. The van der Waals surface area contributed by atoms with E-state index in [-0.39, 0.29) is 0 Å². The summed E-state index contributed by atoms with van der Waals surface area (Å²) < 4.78 is 6.82. The summed E-state index contributed by atoms with van der Waals surface area (Å²) in [6, 6.07) is 75.7. The van der Waals surface area contributed by atoms with Crippen molar-refractivity contribution in [1.82, 2.24) is 15.0 Å². The van der Waals surface area contributed by atoms with E-state index in [4.69, 9.17) is 19.4 Å². The van der Waals surface area contributed by atoms with Gasteiger partial charge in [-0.15, -0.1) is 0 Å². The van der Waals surface area contributed by atoms with Gasteiger partial charge in [0.25, 0.3) is 0 Å². The van der Waals surface area contributed by atoms with Crippen LogP contribution in [0.4, 0.5) is 17.1 Å². The Kier molecular flexibility index (Phi) is 8.75. The van der Waals surface area contributed by atoms with Crippen LogP contribution in [-0.2, 0) is 0 Å². The van der Waals surface area contributed by atoms with Gasteiger partial charge >= 0.3 is 0 Å². The summed E-state index contributed by atoms with van der Waals surface area (Å²) in [6.07, 6.45) is 0. The first-order chi connectivity index (χ1) is 29.7. The zero-order chi connectivity index (χ0) is 39.8. The van der Waals surface area contributed by atoms with Crippen molar-refractivity contribution in [3.05, 3.63) is 218 Å². The number of para-hydroxylation sites is 1. The van der Waals surface area contributed by atoms with Crippen molar-refractivity contribution in [3.63, 3.8) is 0 Å². The molecule has 0 radical (unpaired) electrons. The van der Waals surface area contributed by atoms with Crippen molar-refractivity contribution < 1.29 is 4.42 Å². The van der Waals surface area contributed by atoms with Gasteiger partial charge in [-0.25, -0.2) is 15.0 Å². The van der Waals surface area contributed by atoms with Gasteiger partial charge in [-0.1, -0.05) is 164 Å². The molecule has 0 atom stereocenters. The summed E-state index contributed by atoms with van der Waals surface area (Å²) in [4.78, 5) is 17.5. The summed E-state index contributed by atoms with van der Waals surface area (Å²) in [5.74, 6) is 1.82. The highest BCUT2D eigenvalue weighted by Crippen LogP contribution is 2.43. The predicted molar refractivity (Wildman–Crippen MR) is 246 cm³/mol. The molecule has 5 heteroatoms. The molecule has 9 aromatic carbocycles. The summed E-state index contributed by atoms with van der Waals surface area (Å²) in [5, 5.41) is 4.36. The highest BCUT2D eigenvalue weighted by Gasteiger charge is 2.21. The molecule has 11 aromatic rings. The minimum Gasteiger partial charge on any atom is -0.455 e. The van der Waals surface area contributed by atoms with Gasteiger partial charge in [0.2, 0.25) is 0 Å². The maximum Gasteiger partial charge on any atom is 0.164 e. The molecule has 0 N–H and O–H groups in total. The third-order valence-electron chi connectivity index (χ3n) is 11.1. The molecule has 0 aliphatic heterocycles. The molecule has 0 bridgehead atoms. The Hall–Kier alpha value is -8.15. The van der Waals surface area contributed by atoms with E-state index in [9.17, 15) is 0 Å². The van der Waals surface area contributed by atoms with Crippen LogP contribution in [-0.4, -0.2) is 15.0 Å². The average Bonchev–Trinajstić information content (AvgIpc) is 3.72. The Morgan fingerprint density at radius 3 is 1.40 bits per heavy atom. The van der Waals surface area contributed by atoms with Gasteiger partial charge in [0.15, 0.2) is 17.5 Å². The van der Waals surface area contributed by atoms with E-state index >= 15 is 0 Å². The molecule has 0 fully saturated rings. The molecular weight excluding hydrogens is 733 g/mol. The first-order valence-electron chi connectivity index (χ1n) is 20.1. The molecule has 2 aromatic heterocycles. The van der Waals surface area contributed by atoms with Gasteiger partial charge in [0.05, 0.1) is 0 Å². The Bertz CT molecular complexity index is 3220. The van der Waals surface area contributed by atoms with Crippen molar-refractivity contribution in [1.29, 1.82) is 0 Å². The van der Waals surface area contributed by atoms with E-state index in [1.54, 1.807) is 0 Å². The fourth-order valence-corrected chi connectivity index (χ4v) is 8.18. The second-order valence-corrected chi connectivity index (χ2v) is 14.8. The summed E-state index contributed by atoms with van der Waals surface area (Å²) >= 11 is 0. The zero-order valence-corrected chi connectivity index (χ0v) is 32.5. The Morgan fingerprint density at radius 2 is 0.800 bits per heavy atom. The molecule has 0 unspecified atom stereocenters. The fraction of sp³-hybridized carbons (Fsp3) is 0. The predicted octanol–water partition coefficient (Wildman–Crippen LogP) is 14.7. The maximum atomic E-state index is 6.82. The highest BCUT2D eigenvalue weighted by molar-refractivity contribution is 6.21. The van der Waals surface area contributed by atoms with Crippen molar-refractivity contribution in [2.75, 3.05) is 4.90 Å². The minimum atomic E-state index is 0.589. The molecule has 282 valence electrons. The van der Waals surface area contributed by atoms with Gasteiger partial charge in [0.1, 0.15) is 11.2 Å². The lowest BCUT2D eigenvalue weighted by molar-refractivity contribution is 0.670. The van der Waals surface area contributed by atoms with Crippen LogP contribution in [0.3, 0.4) is 0 Å². The smallest absolute Gasteiger partial charge is 0.164 e. The average molecular weight is 769 g/mol. The van der Waals surface area contributed by atoms with E-state index in [1.807, 2.05) is 66.7 Å². The number of furan rings is 1. The third-order valence-corrected chi connectivity index (χ3v) is 11.1. The molecular formula is C55H36N4O. The van der Waals surface area contributed by atoms with Gasteiger partial charge < -0.3 is 9.32 Å². The van der Waals surface area contributed by atoms with Crippen LogP contribution in [0.5, 0.6) is 0 Å². The van der Waals surface area contributed by atoms with Crippen LogP contribution < -0.4 is 4.90 Å². The Balaban J connectivity index is 1.09. The third kappa shape index (κ3) is 6.45. The number of hydrogen-bond donors (Lipinski definition) is 0. The number of fused-ring (bicyclic) bond motifs is 5. The first-order valence-corrected chi connectivity index (χ1v) is 20.1.